The summed E-state index contributed by atoms with van der Waals surface area (Å²) in [6.07, 6.45) is 2.66. The van der Waals surface area contributed by atoms with Crippen LogP contribution in [0.1, 0.15) is 18.0 Å². The number of hydrogen-bond donors (Lipinski definition) is 1. The Morgan fingerprint density at radius 3 is 2.83 bits per heavy atom. The molecule has 0 spiro atoms. The third-order valence-corrected chi connectivity index (χ3v) is 4.56. The Morgan fingerprint density at radius 2 is 2.04 bits per heavy atom. The Kier molecular flexibility index (Phi) is 3.86. The van der Waals surface area contributed by atoms with Crippen LogP contribution in [0.25, 0.3) is 11.2 Å². The second-order valence-electron chi connectivity index (χ2n) is 6.09. The third-order valence-electron chi connectivity index (χ3n) is 4.56. The van der Waals surface area contributed by atoms with E-state index in [0.29, 0.717) is 36.6 Å². The molecule has 1 aliphatic carbocycles. The molecule has 0 aliphatic heterocycles. The van der Waals surface area contributed by atoms with Gasteiger partial charge in [-0.25, -0.2) is 19.3 Å². The largest absolute Gasteiger partial charge is 0.382 e. The number of nitrogens with two attached hydrogens (primary N) is 1. The Bertz CT molecular complexity index is 837. The summed E-state index contributed by atoms with van der Waals surface area (Å²) < 4.78 is 22.0. The zero-order chi connectivity index (χ0) is 16.5. The van der Waals surface area contributed by atoms with Crippen molar-refractivity contribution < 1.29 is 9.13 Å². The number of aromatic nitrogens is 4. The summed E-state index contributed by atoms with van der Waals surface area (Å²) in [5, 5.41) is 0. The first-order valence-electron chi connectivity index (χ1n) is 7.93. The van der Waals surface area contributed by atoms with Crippen LogP contribution in [-0.2, 0) is 11.3 Å². The maximum absolute atomic E-state index is 14.6. The number of halogens is 1. The number of alkyl halides is 1. The van der Waals surface area contributed by atoms with Crippen LogP contribution in [0.4, 0.5) is 10.2 Å². The second-order valence-corrected chi connectivity index (χ2v) is 6.09. The lowest BCUT2D eigenvalue weighted by molar-refractivity contribution is -0.0288. The molecule has 4 rings (SSSR count). The minimum absolute atomic E-state index is 0.109. The molecule has 1 aliphatic rings. The molecule has 0 radical (unpaired) electrons. The van der Waals surface area contributed by atoms with Crippen molar-refractivity contribution in [2.75, 3.05) is 12.3 Å². The maximum Gasteiger partial charge on any atom is 0.182 e. The predicted octanol–water partition coefficient (Wildman–Crippen LogP) is 2.52. The van der Waals surface area contributed by atoms with Gasteiger partial charge in [0.25, 0.3) is 0 Å². The first-order valence-corrected chi connectivity index (χ1v) is 7.93. The molecule has 0 unspecified atom stereocenters. The van der Waals surface area contributed by atoms with Gasteiger partial charge in [0.15, 0.2) is 11.5 Å². The van der Waals surface area contributed by atoms with E-state index in [1.807, 2.05) is 30.3 Å². The monoisotopic (exact) mass is 327 g/mol. The van der Waals surface area contributed by atoms with Gasteiger partial charge in [0, 0.05) is 5.92 Å². The topological polar surface area (TPSA) is 78.9 Å². The van der Waals surface area contributed by atoms with Crippen molar-refractivity contribution in [2.24, 2.45) is 5.92 Å². The Labute approximate surface area is 138 Å². The normalized spacial score (nSPS) is 23.3. The van der Waals surface area contributed by atoms with Crippen molar-refractivity contribution in [1.29, 1.82) is 0 Å². The summed E-state index contributed by atoms with van der Waals surface area (Å²) in [5.74, 6) is 0.218. The van der Waals surface area contributed by atoms with Gasteiger partial charge >= 0.3 is 0 Å². The van der Waals surface area contributed by atoms with Gasteiger partial charge in [-0.3, -0.25) is 0 Å². The SMILES string of the molecule is Nc1ncnc2ncn([C@H]3C[C@H](COCc4ccccc4)[C@H]3F)c12. The average molecular weight is 327 g/mol. The molecule has 1 aromatic carbocycles. The number of anilines is 1. The summed E-state index contributed by atoms with van der Waals surface area (Å²) in [5.41, 5.74) is 8.08. The van der Waals surface area contributed by atoms with Crippen LogP contribution in [0.2, 0.25) is 0 Å². The summed E-state index contributed by atoms with van der Waals surface area (Å²) in [7, 11) is 0. The molecule has 1 saturated carbocycles. The highest BCUT2D eigenvalue weighted by atomic mass is 19.1. The minimum Gasteiger partial charge on any atom is -0.382 e. The van der Waals surface area contributed by atoms with Crippen LogP contribution < -0.4 is 5.73 Å². The Balaban J connectivity index is 1.38. The first kappa shape index (κ1) is 15.0. The fraction of sp³-hybridized carbons (Fsp3) is 0.353. The molecule has 6 nitrogen and oxygen atoms in total. The Morgan fingerprint density at radius 1 is 1.21 bits per heavy atom. The molecule has 124 valence electrons. The second kappa shape index (κ2) is 6.16. The highest BCUT2D eigenvalue weighted by Crippen LogP contribution is 2.42. The number of nitrogen functional groups attached to an aromatic ring is 1. The number of benzene rings is 1. The van der Waals surface area contributed by atoms with Crippen LogP contribution in [-0.4, -0.2) is 32.3 Å². The van der Waals surface area contributed by atoms with Crippen molar-refractivity contribution in [2.45, 2.75) is 25.2 Å². The predicted molar refractivity (Wildman–Crippen MR) is 87.9 cm³/mol. The molecule has 2 N–H and O–H groups in total. The standard InChI is InChI=1S/C17H18FN5O/c18-14-12(8-24-7-11-4-2-1-3-5-11)6-13(14)23-10-22-17-15(23)16(19)20-9-21-17/h1-5,9-10,12-14H,6-8H2,(H2,19,20,21)/t12-,13+,14-/m1/s1. The average Bonchev–Trinajstić information content (AvgIpc) is 3.03. The van der Waals surface area contributed by atoms with Gasteiger partial charge < -0.3 is 15.0 Å². The number of nitrogens with zero attached hydrogens (tertiary/aromatic N) is 4. The van der Waals surface area contributed by atoms with E-state index in [9.17, 15) is 4.39 Å². The minimum atomic E-state index is -0.988. The lowest BCUT2D eigenvalue weighted by Gasteiger charge is -2.40. The van der Waals surface area contributed by atoms with Crippen molar-refractivity contribution in [1.82, 2.24) is 19.5 Å². The number of fused-ring (bicyclic) bond motifs is 1. The van der Waals surface area contributed by atoms with Crippen LogP contribution >= 0.6 is 0 Å². The Hall–Kier alpha value is -2.54. The number of imidazole rings is 1. The lowest BCUT2D eigenvalue weighted by Crippen LogP contribution is -2.42. The number of hydrogen-bond acceptors (Lipinski definition) is 5. The smallest absolute Gasteiger partial charge is 0.182 e. The van der Waals surface area contributed by atoms with E-state index in [1.54, 1.807) is 10.9 Å². The highest BCUT2D eigenvalue weighted by molar-refractivity contribution is 5.81. The summed E-state index contributed by atoms with van der Waals surface area (Å²) in [6.45, 7) is 0.911. The van der Waals surface area contributed by atoms with Gasteiger partial charge in [0.05, 0.1) is 25.6 Å². The molecule has 0 saturated heterocycles. The van der Waals surface area contributed by atoms with Crippen molar-refractivity contribution in [3.63, 3.8) is 0 Å². The number of rotatable bonds is 5. The number of ether oxygens (including phenoxy) is 1. The van der Waals surface area contributed by atoms with Crippen LogP contribution in [0.5, 0.6) is 0 Å². The highest BCUT2D eigenvalue weighted by Gasteiger charge is 2.43. The molecule has 24 heavy (non-hydrogen) atoms. The van der Waals surface area contributed by atoms with Crippen LogP contribution in [0, 0.1) is 5.92 Å². The molecule has 2 aromatic heterocycles. The van der Waals surface area contributed by atoms with E-state index in [2.05, 4.69) is 15.0 Å². The zero-order valence-corrected chi connectivity index (χ0v) is 13.0. The van der Waals surface area contributed by atoms with Crippen molar-refractivity contribution in [3.8, 4) is 0 Å². The molecule has 0 amide bonds. The molecule has 7 heteroatoms. The molecule has 3 atom stereocenters. The van der Waals surface area contributed by atoms with Gasteiger partial charge in [-0.1, -0.05) is 30.3 Å². The summed E-state index contributed by atoms with van der Waals surface area (Å²) >= 11 is 0. The first-order chi connectivity index (χ1) is 11.7. The van der Waals surface area contributed by atoms with E-state index < -0.39 is 6.17 Å². The molecule has 0 bridgehead atoms. The van der Waals surface area contributed by atoms with Gasteiger partial charge in [0.1, 0.15) is 18.0 Å². The van der Waals surface area contributed by atoms with Crippen molar-refractivity contribution >= 4 is 17.0 Å². The van der Waals surface area contributed by atoms with E-state index >= 15 is 0 Å². The fourth-order valence-corrected chi connectivity index (χ4v) is 3.17. The van der Waals surface area contributed by atoms with Gasteiger partial charge in [-0.2, -0.15) is 0 Å². The molecule has 1 fully saturated rings. The van der Waals surface area contributed by atoms with Gasteiger partial charge in [-0.05, 0) is 12.0 Å². The van der Waals surface area contributed by atoms with E-state index in [0.717, 1.165) is 5.56 Å². The zero-order valence-electron chi connectivity index (χ0n) is 13.0. The van der Waals surface area contributed by atoms with Crippen LogP contribution in [0.3, 0.4) is 0 Å². The third kappa shape index (κ3) is 2.60. The summed E-state index contributed by atoms with van der Waals surface area (Å²) in [6, 6.07) is 9.60. The van der Waals surface area contributed by atoms with Gasteiger partial charge in [0.2, 0.25) is 0 Å². The quantitative estimate of drug-likeness (QED) is 0.779. The summed E-state index contributed by atoms with van der Waals surface area (Å²) in [4.78, 5) is 12.2. The van der Waals surface area contributed by atoms with E-state index in [1.165, 1.54) is 6.33 Å². The van der Waals surface area contributed by atoms with Crippen molar-refractivity contribution in [3.05, 3.63) is 48.5 Å². The van der Waals surface area contributed by atoms with Crippen LogP contribution in [0.15, 0.2) is 43.0 Å². The fourth-order valence-electron chi connectivity index (χ4n) is 3.17. The molecule has 3 aromatic rings. The van der Waals surface area contributed by atoms with Gasteiger partial charge in [-0.15, -0.1) is 0 Å². The molecule has 2 heterocycles. The molecular formula is C17H18FN5O. The van der Waals surface area contributed by atoms with E-state index in [4.69, 9.17) is 10.5 Å². The van der Waals surface area contributed by atoms with E-state index in [-0.39, 0.29) is 12.0 Å². The maximum atomic E-state index is 14.6. The molecular weight excluding hydrogens is 309 g/mol. The lowest BCUT2D eigenvalue weighted by atomic mass is 9.78.